The number of nitrogens with zero attached hydrogens (tertiary/aromatic N) is 4. The van der Waals surface area contributed by atoms with Gasteiger partial charge in [-0.15, -0.1) is 0 Å². The van der Waals surface area contributed by atoms with Gasteiger partial charge in [-0.05, 0) is 54.4 Å². The van der Waals surface area contributed by atoms with E-state index in [1.807, 2.05) is 0 Å². The Morgan fingerprint density at radius 3 is 2.18 bits per heavy atom. The van der Waals surface area contributed by atoms with Gasteiger partial charge in [-0.2, -0.15) is 5.10 Å². The summed E-state index contributed by atoms with van der Waals surface area (Å²) in [7, 11) is 0. The van der Waals surface area contributed by atoms with Gasteiger partial charge in [-0.25, -0.2) is 6.57 Å². The average Bonchev–Trinajstić information content (AvgIpc) is 3.70. The molecule has 0 spiro atoms. The number of benzene rings is 2. The molecule has 5 rings (SSSR count). The molecule has 0 radical (unpaired) electrons. The number of piperidine rings is 1. The van der Waals surface area contributed by atoms with Crippen LogP contribution in [-0.4, -0.2) is 46.1 Å². The van der Waals surface area contributed by atoms with Crippen LogP contribution >= 0.6 is 0 Å². The average molecular weight is 511 g/mol. The molecule has 1 saturated heterocycles. The van der Waals surface area contributed by atoms with E-state index >= 15 is 0 Å². The highest BCUT2D eigenvalue weighted by molar-refractivity contribution is 6.02. The van der Waals surface area contributed by atoms with E-state index in [0.29, 0.717) is 12.8 Å². The van der Waals surface area contributed by atoms with E-state index in [1.54, 1.807) is 10.9 Å². The molecule has 1 aliphatic heterocycles. The fourth-order valence-corrected chi connectivity index (χ4v) is 5.18. The summed E-state index contributed by atoms with van der Waals surface area (Å²) in [6.45, 7) is 12.4. The SMILES string of the molecule is [C-]#[N+]CC1(n2cc(C(N)=O)c(NC(=O)C3CC3)n2)CCN(Cc2ccc(-c3ccc(CC)cc3)cc2)CC1. The van der Waals surface area contributed by atoms with Crippen molar-refractivity contribution < 1.29 is 9.59 Å². The van der Waals surface area contributed by atoms with Crippen molar-refractivity contribution in [1.29, 1.82) is 0 Å². The van der Waals surface area contributed by atoms with Crippen LogP contribution in [0.15, 0.2) is 54.7 Å². The molecule has 3 aromatic rings. The second-order valence-corrected chi connectivity index (χ2v) is 10.5. The fraction of sp³-hybridized carbons (Fsp3) is 0.400. The molecule has 2 fully saturated rings. The van der Waals surface area contributed by atoms with Crippen LogP contribution < -0.4 is 11.1 Å². The number of carbonyl (C=O) groups excluding carboxylic acids is 2. The summed E-state index contributed by atoms with van der Waals surface area (Å²) in [6, 6.07) is 17.4. The highest BCUT2D eigenvalue weighted by Crippen LogP contribution is 2.34. The van der Waals surface area contributed by atoms with Crippen LogP contribution in [0.25, 0.3) is 16.0 Å². The summed E-state index contributed by atoms with van der Waals surface area (Å²) in [5.41, 5.74) is 10.3. The molecule has 2 aliphatic rings. The van der Waals surface area contributed by atoms with Crippen molar-refractivity contribution >= 4 is 17.6 Å². The fourth-order valence-electron chi connectivity index (χ4n) is 5.18. The second-order valence-electron chi connectivity index (χ2n) is 10.5. The van der Waals surface area contributed by atoms with Crippen LogP contribution in [0.1, 0.15) is 54.1 Å². The van der Waals surface area contributed by atoms with E-state index < -0.39 is 11.4 Å². The Morgan fingerprint density at radius 2 is 1.66 bits per heavy atom. The number of carbonyl (C=O) groups is 2. The van der Waals surface area contributed by atoms with E-state index in [2.05, 4.69) is 75.6 Å². The molecule has 3 N–H and O–H groups in total. The summed E-state index contributed by atoms with van der Waals surface area (Å²) >= 11 is 0. The van der Waals surface area contributed by atoms with Crippen LogP contribution in [0, 0.1) is 12.5 Å². The van der Waals surface area contributed by atoms with E-state index in [4.69, 9.17) is 12.3 Å². The smallest absolute Gasteiger partial charge is 0.254 e. The number of anilines is 1. The van der Waals surface area contributed by atoms with Gasteiger partial charge in [0, 0.05) is 31.7 Å². The van der Waals surface area contributed by atoms with E-state index in [0.717, 1.165) is 38.9 Å². The zero-order valence-corrected chi connectivity index (χ0v) is 21.8. The lowest BCUT2D eigenvalue weighted by Gasteiger charge is -2.38. The first-order valence-corrected chi connectivity index (χ1v) is 13.4. The number of primary amides is 1. The van der Waals surface area contributed by atoms with Crippen molar-refractivity contribution in [1.82, 2.24) is 14.7 Å². The number of nitrogens with two attached hydrogens (primary N) is 1. The lowest BCUT2D eigenvalue weighted by molar-refractivity contribution is -0.117. The molecule has 2 amide bonds. The third-order valence-electron chi connectivity index (χ3n) is 7.87. The van der Waals surface area contributed by atoms with E-state index in [9.17, 15) is 9.59 Å². The maximum atomic E-state index is 12.3. The normalized spacial score (nSPS) is 17.1. The molecule has 0 bridgehead atoms. The zero-order valence-electron chi connectivity index (χ0n) is 21.8. The Kier molecular flexibility index (Phi) is 7.30. The number of hydrogen-bond donors (Lipinski definition) is 2. The van der Waals surface area contributed by atoms with Gasteiger partial charge in [-0.3, -0.25) is 19.2 Å². The summed E-state index contributed by atoms with van der Waals surface area (Å²) < 4.78 is 1.71. The largest absolute Gasteiger partial charge is 0.365 e. The lowest BCUT2D eigenvalue weighted by atomic mass is 9.87. The number of likely N-dealkylation sites (tertiary alicyclic amines) is 1. The van der Waals surface area contributed by atoms with Gasteiger partial charge in [0.1, 0.15) is 11.1 Å². The first-order chi connectivity index (χ1) is 18.4. The molecule has 1 saturated carbocycles. The van der Waals surface area contributed by atoms with Crippen LogP contribution in [-0.2, 0) is 23.3 Å². The zero-order chi connectivity index (χ0) is 26.7. The van der Waals surface area contributed by atoms with Gasteiger partial charge in [0.2, 0.25) is 12.5 Å². The minimum absolute atomic E-state index is 0.0167. The van der Waals surface area contributed by atoms with Crippen molar-refractivity contribution in [3.8, 4) is 11.1 Å². The minimum Gasteiger partial charge on any atom is -0.365 e. The van der Waals surface area contributed by atoms with E-state index in [1.165, 1.54) is 22.3 Å². The highest BCUT2D eigenvalue weighted by atomic mass is 16.2. The third kappa shape index (κ3) is 5.48. The Balaban J connectivity index is 1.26. The molecule has 8 nitrogen and oxygen atoms in total. The van der Waals surface area contributed by atoms with Crippen molar-refractivity contribution in [2.24, 2.45) is 11.7 Å². The highest BCUT2D eigenvalue weighted by Gasteiger charge is 2.41. The van der Waals surface area contributed by atoms with Gasteiger partial charge in [-0.1, -0.05) is 55.5 Å². The number of hydrogen-bond acceptors (Lipinski definition) is 4. The molecule has 0 atom stereocenters. The van der Waals surface area contributed by atoms with Crippen molar-refractivity contribution in [2.45, 2.75) is 51.1 Å². The number of amides is 2. The first-order valence-electron chi connectivity index (χ1n) is 13.4. The monoisotopic (exact) mass is 510 g/mol. The molecule has 1 aromatic heterocycles. The van der Waals surface area contributed by atoms with Crippen LogP contribution in [0.5, 0.6) is 0 Å². The third-order valence-corrected chi connectivity index (χ3v) is 7.87. The maximum Gasteiger partial charge on any atom is 0.254 e. The predicted octanol–water partition coefficient (Wildman–Crippen LogP) is 4.47. The molecule has 1 aliphatic carbocycles. The van der Waals surface area contributed by atoms with Crippen LogP contribution in [0.4, 0.5) is 5.82 Å². The standard InChI is InChI=1S/C30H34N6O2/c1-3-21-4-8-23(9-5-21)24-10-6-22(7-11-24)18-35-16-14-30(15-17-35,20-32-2)36-19-26(27(31)37)28(34-36)33-29(38)25-12-13-25/h4-11,19,25H,3,12-18,20H2,1H3,(H2,31,37)(H,33,34,38). The molecule has 196 valence electrons. The number of nitrogens with one attached hydrogen (secondary N) is 1. The molecule has 2 aromatic carbocycles. The van der Waals surface area contributed by atoms with Crippen LogP contribution in [0.2, 0.25) is 0 Å². The van der Waals surface area contributed by atoms with Gasteiger partial charge < -0.3 is 15.9 Å². The molecule has 0 unspecified atom stereocenters. The minimum atomic E-state index is -0.637. The van der Waals surface area contributed by atoms with Gasteiger partial charge >= 0.3 is 0 Å². The van der Waals surface area contributed by atoms with Crippen molar-refractivity contribution in [3.05, 3.63) is 82.8 Å². The topological polar surface area (TPSA) is 97.6 Å². The quantitative estimate of drug-likeness (QED) is 0.415. The van der Waals surface area contributed by atoms with Crippen molar-refractivity contribution in [2.75, 3.05) is 25.0 Å². The molecule has 2 heterocycles. The molecule has 8 heteroatoms. The number of aryl methyl sites for hydroxylation is 1. The van der Waals surface area contributed by atoms with Gasteiger partial charge in [0.25, 0.3) is 5.91 Å². The Hall–Kier alpha value is -3.96. The van der Waals surface area contributed by atoms with Crippen LogP contribution in [0.3, 0.4) is 0 Å². The number of aromatic nitrogens is 2. The Morgan fingerprint density at radius 1 is 1.05 bits per heavy atom. The van der Waals surface area contributed by atoms with Gasteiger partial charge in [0.05, 0.1) is 0 Å². The molecular weight excluding hydrogens is 476 g/mol. The van der Waals surface area contributed by atoms with Gasteiger partial charge in [0.15, 0.2) is 5.82 Å². The first kappa shape index (κ1) is 25.7. The number of rotatable bonds is 9. The molecule has 38 heavy (non-hydrogen) atoms. The summed E-state index contributed by atoms with van der Waals surface area (Å²) in [5.74, 6) is -0.583. The Bertz CT molecular complexity index is 1340. The predicted molar refractivity (Wildman–Crippen MR) is 147 cm³/mol. The summed E-state index contributed by atoms with van der Waals surface area (Å²) in [6.07, 6.45) is 5.78. The van der Waals surface area contributed by atoms with Crippen molar-refractivity contribution in [3.63, 3.8) is 0 Å². The second kappa shape index (κ2) is 10.8. The Labute approximate surface area is 223 Å². The summed E-state index contributed by atoms with van der Waals surface area (Å²) in [4.78, 5) is 30.5. The lowest BCUT2D eigenvalue weighted by Crippen LogP contribution is -2.47. The molecular formula is C30H34N6O2. The maximum absolute atomic E-state index is 12.3. The van der Waals surface area contributed by atoms with E-state index in [-0.39, 0.29) is 29.8 Å². The summed E-state index contributed by atoms with van der Waals surface area (Å²) in [5, 5.41) is 7.35.